The van der Waals surface area contributed by atoms with E-state index in [1.165, 1.54) is 11.1 Å². The van der Waals surface area contributed by atoms with Gasteiger partial charge in [0.05, 0.1) is 23.7 Å². The highest BCUT2D eigenvalue weighted by Crippen LogP contribution is 2.22. The van der Waals surface area contributed by atoms with Gasteiger partial charge < -0.3 is 14.6 Å². The Hall–Kier alpha value is -3.86. The van der Waals surface area contributed by atoms with Gasteiger partial charge in [0.2, 0.25) is 5.91 Å². The Bertz CT molecular complexity index is 1290. The van der Waals surface area contributed by atoms with E-state index >= 15 is 0 Å². The van der Waals surface area contributed by atoms with Crippen LogP contribution in [0.3, 0.4) is 0 Å². The minimum Gasteiger partial charge on any atom is -0.494 e. The lowest BCUT2D eigenvalue weighted by atomic mass is 10.1. The lowest BCUT2D eigenvalue weighted by molar-refractivity contribution is -0.117. The number of amides is 1. The number of rotatable bonds is 9. The highest BCUT2D eigenvalue weighted by atomic mass is 16.5. The topological polar surface area (TPSA) is 56.1 Å². The Morgan fingerprint density at radius 3 is 2.59 bits per heavy atom. The molecule has 4 aromatic rings. The van der Waals surface area contributed by atoms with Crippen molar-refractivity contribution in [1.29, 1.82) is 0 Å². The van der Waals surface area contributed by atoms with Gasteiger partial charge in [-0.2, -0.15) is 0 Å². The second-order valence-corrected chi connectivity index (χ2v) is 8.53. The van der Waals surface area contributed by atoms with Gasteiger partial charge in [0.1, 0.15) is 11.6 Å². The summed E-state index contributed by atoms with van der Waals surface area (Å²) in [6.45, 7) is 7.52. The highest BCUT2D eigenvalue weighted by Gasteiger charge is 2.17. The van der Waals surface area contributed by atoms with Gasteiger partial charge in [0, 0.05) is 12.6 Å². The van der Waals surface area contributed by atoms with Crippen LogP contribution < -0.4 is 10.1 Å². The molecule has 1 amide bonds. The number of carbonyl (C=O) groups is 1. The molecular weight excluding hydrogens is 422 g/mol. The van der Waals surface area contributed by atoms with Gasteiger partial charge in [-0.05, 0) is 74.2 Å². The molecule has 0 saturated carbocycles. The quantitative estimate of drug-likeness (QED) is 0.249. The van der Waals surface area contributed by atoms with E-state index in [4.69, 9.17) is 9.72 Å². The van der Waals surface area contributed by atoms with Crippen molar-refractivity contribution in [2.24, 2.45) is 0 Å². The van der Waals surface area contributed by atoms with E-state index in [2.05, 4.69) is 41.9 Å². The fourth-order valence-electron chi connectivity index (χ4n) is 3.94. The summed E-state index contributed by atoms with van der Waals surface area (Å²) in [6.07, 6.45) is 4.21. The molecule has 4 rings (SSSR count). The van der Waals surface area contributed by atoms with Gasteiger partial charge in [-0.15, -0.1) is 0 Å². The molecule has 5 heteroatoms. The van der Waals surface area contributed by atoms with E-state index in [1.54, 1.807) is 6.08 Å². The predicted octanol–water partition coefficient (Wildman–Crippen LogP) is 6.01. The molecule has 1 unspecified atom stereocenters. The van der Waals surface area contributed by atoms with Crippen molar-refractivity contribution in [1.82, 2.24) is 14.9 Å². The maximum atomic E-state index is 12.5. The van der Waals surface area contributed by atoms with Crippen LogP contribution in [0.1, 0.15) is 41.9 Å². The van der Waals surface area contributed by atoms with Gasteiger partial charge in [-0.3, -0.25) is 4.79 Å². The molecule has 5 nitrogen and oxygen atoms in total. The van der Waals surface area contributed by atoms with Crippen LogP contribution in [0.25, 0.3) is 17.1 Å². The lowest BCUT2D eigenvalue weighted by Gasteiger charge is -2.16. The third kappa shape index (κ3) is 5.73. The van der Waals surface area contributed by atoms with Crippen LogP contribution in [0.15, 0.2) is 78.9 Å². The van der Waals surface area contributed by atoms with Crippen LogP contribution in [-0.2, 0) is 11.3 Å². The number of benzene rings is 3. The number of carbonyl (C=O) groups excluding carboxylic acids is 1. The molecule has 0 aliphatic heterocycles. The Kier molecular flexibility index (Phi) is 7.43. The Morgan fingerprint density at radius 2 is 1.79 bits per heavy atom. The molecule has 0 bridgehead atoms. The molecular formula is C29H31N3O2. The first kappa shape index (κ1) is 23.3. The Labute approximate surface area is 201 Å². The van der Waals surface area contributed by atoms with Gasteiger partial charge in [-0.25, -0.2) is 4.98 Å². The Balaban J connectivity index is 1.43. The van der Waals surface area contributed by atoms with E-state index in [9.17, 15) is 4.79 Å². The van der Waals surface area contributed by atoms with Crippen molar-refractivity contribution in [3.8, 4) is 5.75 Å². The first-order chi connectivity index (χ1) is 16.5. The first-order valence-electron chi connectivity index (χ1n) is 11.7. The normalized spacial score (nSPS) is 12.2. The van der Waals surface area contributed by atoms with Crippen LogP contribution in [0.2, 0.25) is 0 Å². The summed E-state index contributed by atoms with van der Waals surface area (Å²) >= 11 is 0. The third-order valence-corrected chi connectivity index (χ3v) is 5.93. The number of nitrogens with zero attached hydrogens (tertiary/aromatic N) is 2. The largest absolute Gasteiger partial charge is 0.494 e. The molecule has 3 aromatic carbocycles. The van der Waals surface area contributed by atoms with Gasteiger partial charge >= 0.3 is 0 Å². The number of fused-ring (bicyclic) bond motifs is 1. The SMILES string of the molecule is Cc1ccc(OCCCn2c(C(C)NC(=O)/C=C\c3ccccc3)nc3ccccc32)cc1C. The molecule has 0 radical (unpaired) electrons. The third-order valence-electron chi connectivity index (χ3n) is 5.93. The number of aromatic nitrogens is 2. The lowest BCUT2D eigenvalue weighted by Crippen LogP contribution is -2.27. The van der Waals surface area contributed by atoms with Crippen molar-refractivity contribution >= 4 is 23.0 Å². The number of hydrogen-bond acceptors (Lipinski definition) is 3. The number of ether oxygens (including phenoxy) is 1. The van der Waals surface area contributed by atoms with Crippen LogP contribution in [-0.4, -0.2) is 22.1 Å². The van der Waals surface area contributed by atoms with Gasteiger partial charge in [-0.1, -0.05) is 48.5 Å². The van der Waals surface area contributed by atoms with Crippen molar-refractivity contribution in [3.63, 3.8) is 0 Å². The number of aryl methyl sites for hydroxylation is 3. The molecule has 1 heterocycles. The zero-order valence-corrected chi connectivity index (χ0v) is 20.0. The minimum absolute atomic E-state index is 0.145. The van der Waals surface area contributed by atoms with E-state index in [1.807, 2.05) is 67.6 Å². The molecule has 1 atom stereocenters. The van der Waals surface area contributed by atoms with E-state index in [0.717, 1.165) is 41.1 Å². The maximum Gasteiger partial charge on any atom is 0.244 e. The first-order valence-corrected chi connectivity index (χ1v) is 11.7. The summed E-state index contributed by atoms with van der Waals surface area (Å²) in [5.74, 6) is 1.59. The van der Waals surface area contributed by atoms with Crippen molar-refractivity contribution < 1.29 is 9.53 Å². The fourth-order valence-corrected chi connectivity index (χ4v) is 3.94. The van der Waals surface area contributed by atoms with Crippen LogP contribution in [0.4, 0.5) is 0 Å². The molecule has 174 valence electrons. The molecule has 1 N–H and O–H groups in total. The van der Waals surface area contributed by atoms with Crippen LogP contribution in [0, 0.1) is 13.8 Å². The van der Waals surface area contributed by atoms with E-state index < -0.39 is 0 Å². The average molecular weight is 454 g/mol. The molecule has 0 aliphatic carbocycles. The van der Waals surface area contributed by atoms with Crippen LogP contribution in [0.5, 0.6) is 5.75 Å². The minimum atomic E-state index is -0.235. The summed E-state index contributed by atoms with van der Waals surface area (Å²) in [5.41, 5.74) is 5.46. The molecule has 1 aromatic heterocycles. The molecule has 34 heavy (non-hydrogen) atoms. The summed E-state index contributed by atoms with van der Waals surface area (Å²) < 4.78 is 8.16. The average Bonchev–Trinajstić information content (AvgIpc) is 3.22. The van der Waals surface area contributed by atoms with Crippen molar-refractivity contribution in [2.45, 2.75) is 39.8 Å². The molecule has 0 saturated heterocycles. The number of imidazole rings is 1. The zero-order valence-electron chi connectivity index (χ0n) is 20.0. The second kappa shape index (κ2) is 10.8. The van der Waals surface area contributed by atoms with Gasteiger partial charge in [0.15, 0.2) is 0 Å². The number of para-hydroxylation sites is 2. The van der Waals surface area contributed by atoms with Gasteiger partial charge in [0.25, 0.3) is 0 Å². The van der Waals surface area contributed by atoms with Crippen molar-refractivity contribution in [3.05, 3.63) is 101 Å². The number of hydrogen-bond donors (Lipinski definition) is 1. The second-order valence-electron chi connectivity index (χ2n) is 8.53. The molecule has 0 aliphatic rings. The van der Waals surface area contributed by atoms with E-state index in [-0.39, 0.29) is 11.9 Å². The Morgan fingerprint density at radius 1 is 1.03 bits per heavy atom. The summed E-state index contributed by atoms with van der Waals surface area (Å²) in [5, 5.41) is 3.06. The van der Waals surface area contributed by atoms with Crippen LogP contribution >= 0.6 is 0 Å². The monoisotopic (exact) mass is 453 g/mol. The van der Waals surface area contributed by atoms with Crippen molar-refractivity contribution in [2.75, 3.05) is 6.61 Å². The smallest absolute Gasteiger partial charge is 0.244 e. The fraction of sp³-hybridized carbons (Fsp3) is 0.241. The predicted molar refractivity (Wildman–Crippen MR) is 138 cm³/mol. The number of nitrogens with one attached hydrogen (secondary N) is 1. The summed E-state index contributed by atoms with van der Waals surface area (Å²) in [7, 11) is 0. The molecule has 0 spiro atoms. The summed E-state index contributed by atoms with van der Waals surface area (Å²) in [6, 6.07) is 23.8. The highest BCUT2D eigenvalue weighted by molar-refractivity contribution is 5.92. The standard InChI is InChI=1S/C29H31N3O2/c1-21-14-16-25(20-22(21)2)34-19-9-18-32-27-13-8-7-12-26(27)31-29(32)23(3)30-28(33)17-15-24-10-5-4-6-11-24/h4-8,10-17,20,23H,9,18-19H2,1-3H3,(H,30,33)/b17-15-. The maximum absolute atomic E-state index is 12.5. The molecule has 0 fully saturated rings. The van der Waals surface area contributed by atoms with E-state index in [0.29, 0.717) is 6.61 Å². The zero-order chi connectivity index (χ0) is 23.9. The summed E-state index contributed by atoms with van der Waals surface area (Å²) in [4.78, 5) is 17.4.